The van der Waals surface area contributed by atoms with Gasteiger partial charge in [0.1, 0.15) is 0 Å². The molecule has 2 heteroatoms. The first kappa shape index (κ1) is 9.75. The van der Waals surface area contributed by atoms with E-state index >= 15 is 0 Å². The smallest absolute Gasteiger partial charge is 0.0811 e. The lowest BCUT2D eigenvalue weighted by Crippen LogP contribution is -2.39. The number of piperidine rings is 1. The molecule has 1 aliphatic heterocycles. The monoisotopic (exact) mass is 169 g/mol. The Kier molecular flexibility index (Phi) is 3.29. The topological polar surface area (TPSA) is 32.3 Å². The summed E-state index contributed by atoms with van der Waals surface area (Å²) in [5, 5.41) is 13.1. The molecule has 0 radical (unpaired) electrons. The molecule has 1 saturated heterocycles. The van der Waals surface area contributed by atoms with Crippen molar-refractivity contribution in [3.8, 4) is 0 Å². The van der Waals surface area contributed by atoms with Crippen LogP contribution in [0, 0.1) is 0 Å². The molecule has 12 heavy (non-hydrogen) atoms. The lowest BCUT2D eigenvalue weighted by molar-refractivity contribution is 0.0847. The predicted octanol–water partition coefficient (Wildman–Crippen LogP) is 1.46. The van der Waals surface area contributed by atoms with Crippen LogP contribution in [0.5, 0.6) is 0 Å². The Morgan fingerprint density at radius 3 is 2.92 bits per heavy atom. The molecule has 0 bridgehead atoms. The van der Waals surface area contributed by atoms with Crippen molar-refractivity contribution in [2.75, 3.05) is 6.54 Å². The van der Waals surface area contributed by atoms with E-state index in [1.165, 1.54) is 19.3 Å². The van der Waals surface area contributed by atoms with E-state index in [9.17, 15) is 5.11 Å². The van der Waals surface area contributed by atoms with Gasteiger partial charge in [-0.1, -0.05) is 12.5 Å². The summed E-state index contributed by atoms with van der Waals surface area (Å²) in [6.07, 6.45) is 6.15. The van der Waals surface area contributed by atoms with E-state index < -0.39 is 5.60 Å². The van der Waals surface area contributed by atoms with Gasteiger partial charge in [-0.25, -0.2) is 0 Å². The first-order valence-corrected chi connectivity index (χ1v) is 4.73. The van der Waals surface area contributed by atoms with Crippen molar-refractivity contribution in [2.45, 2.75) is 44.2 Å². The van der Waals surface area contributed by atoms with Gasteiger partial charge in [0.15, 0.2) is 0 Å². The van der Waals surface area contributed by atoms with Crippen molar-refractivity contribution in [1.82, 2.24) is 5.32 Å². The molecule has 1 heterocycles. The maximum Gasteiger partial charge on any atom is 0.0811 e. The zero-order valence-electron chi connectivity index (χ0n) is 7.84. The highest BCUT2D eigenvalue weighted by Crippen LogP contribution is 2.18. The Labute approximate surface area is 74.7 Å². The standard InChI is InChI=1S/C10H19NO/c1-3-10(2,12)8-9-6-4-5-7-11-9/h3,9,11-12H,1,4-8H2,2H3. The summed E-state index contributed by atoms with van der Waals surface area (Å²) in [5.74, 6) is 0. The van der Waals surface area contributed by atoms with Gasteiger partial charge < -0.3 is 10.4 Å². The van der Waals surface area contributed by atoms with Crippen LogP contribution in [0.3, 0.4) is 0 Å². The minimum Gasteiger partial charge on any atom is -0.386 e. The summed E-state index contributed by atoms with van der Waals surface area (Å²) < 4.78 is 0. The molecule has 2 nitrogen and oxygen atoms in total. The second-order valence-electron chi connectivity index (χ2n) is 3.91. The number of hydrogen-bond acceptors (Lipinski definition) is 2. The number of nitrogens with one attached hydrogen (secondary N) is 1. The van der Waals surface area contributed by atoms with Gasteiger partial charge in [-0.15, -0.1) is 6.58 Å². The average Bonchev–Trinajstić information content (AvgIpc) is 2.06. The lowest BCUT2D eigenvalue weighted by atomic mass is 9.92. The van der Waals surface area contributed by atoms with Crippen LogP contribution in [-0.4, -0.2) is 23.3 Å². The second-order valence-corrected chi connectivity index (χ2v) is 3.91. The van der Waals surface area contributed by atoms with Gasteiger partial charge >= 0.3 is 0 Å². The molecule has 0 spiro atoms. The van der Waals surface area contributed by atoms with Gasteiger partial charge in [-0.05, 0) is 32.7 Å². The van der Waals surface area contributed by atoms with Crippen molar-refractivity contribution in [3.63, 3.8) is 0 Å². The van der Waals surface area contributed by atoms with Crippen LogP contribution in [0.1, 0.15) is 32.6 Å². The molecule has 0 amide bonds. The normalized spacial score (nSPS) is 29.3. The largest absolute Gasteiger partial charge is 0.386 e. The molecule has 0 aromatic heterocycles. The fourth-order valence-electron chi connectivity index (χ4n) is 1.68. The number of rotatable bonds is 3. The van der Waals surface area contributed by atoms with E-state index in [4.69, 9.17) is 0 Å². The lowest BCUT2D eigenvalue weighted by Gasteiger charge is -2.29. The molecule has 0 aliphatic carbocycles. The third-order valence-electron chi connectivity index (χ3n) is 2.51. The molecule has 1 aliphatic rings. The van der Waals surface area contributed by atoms with Crippen LogP contribution < -0.4 is 5.32 Å². The summed E-state index contributed by atoms with van der Waals surface area (Å²) in [7, 11) is 0. The maximum absolute atomic E-state index is 9.72. The van der Waals surface area contributed by atoms with Crippen molar-refractivity contribution >= 4 is 0 Å². The van der Waals surface area contributed by atoms with E-state index in [-0.39, 0.29) is 0 Å². The molecule has 0 saturated carbocycles. The van der Waals surface area contributed by atoms with Crippen LogP contribution in [-0.2, 0) is 0 Å². The molecule has 0 aromatic rings. The van der Waals surface area contributed by atoms with Gasteiger partial charge in [0.2, 0.25) is 0 Å². The molecule has 2 atom stereocenters. The third kappa shape index (κ3) is 2.95. The van der Waals surface area contributed by atoms with E-state index in [0.29, 0.717) is 6.04 Å². The van der Waals surface area contributed by atoms with Crippen LogP contribution in [0.4, 0.5) is 0 Å². The zero-order chi connectivity index (χ0) is 9.03. The summed E-state index contributed by atoms with van der Waals surface area (Å²) in [5.41, 5.74) is -0.699. The highest BCUT2D eigenvalue weighted by molar-refractivity contribution is 4.95. The highest BCUT2D eigenvalue weighted by Gasteiger charge is 2.22. The number of hydrogen-bond donors (Lipinski definition) is 2. The van der Waals surface area contributed by atoms with Gasteiger partial charge in [-0.3, -0.25) is 0 Å². The van der Waals surface area contributed by atoms with E-state index in [1.807, 2.05) is 6.92 Å². The maximum atomic E-state index is 9.72. The second kappa shape index (κ2) is 4.06. The van der Waals surface area contributed by atoms with Crippen molar-refractivity contribution in [2.24, 2.45) is 0 Å². The summed E-state index contributed by atoms with van der Waals surface area (Å²) in [4.78, 5) is 0. The van der Waals surface area contributed by atoms with Gasteiger partial charge in [0.05, 0.1) is 5.60 Å². The van der Waals surface area contributed by atoms with E-state index in [0.717, 1.165) is 13.0 Å². The predicted molar refractivity (Wildman–Crippen MR) is 51.1 cm³/mol. The highest BCUT2D eigenvalue weighted by atomic mass is 16.3. The van der Waals surface area contributed by atoms with Crippen LogP contribution >= 0.6 is 0 Å². The molecule has 2 unspecified atom stereocenters. The zero-order valence-corrected chi connectivity index (χ0v) is 7.84. The minimum atomic E-state index is -0.699. The Balaban J connectivity index is 2.33. The van der Waals surface area contributed by atoms with E-state index in [1.54, 1.807) is 6.08 Å². The van der Waals surface area contributed by atoms with Gasteiger partial charge in [0, 0.05) is 6.04 Å². The molecule has 0 aromatic carbocycles. The van der Waals surface area contributed by atoms with Crippen molar-refractivity contribution in [3.05, 3.63) is 12.7 Å². The summed E-state index contributed by atoms with van der Waals surface area (Å²) in [6, 6.07) is 0.478. The fraction of sp³-hybridized carbons (Fsp3) is 0.800. The van der Waals surface area contributed by atoms with E-state index in [2.05, 4.69) is 11.9 Å². The quantitative estimate of drug-likeness (QED) is 0.627. The Bertz CT molecular complexity index is 148. The Morgan fingerprint density at radius 1 is 1.67 bits per heavy atom. The molecule has 70 valence electrons. The first-order valence-electron chi connectivity index (χ1n) is 4.73. The third-order valence-corrected chi connectivity index (χ3v) is 2.51. The van der Waals surface area contributed by atoms with Gasteiger partial charge in [0.25, 0.3) is 0 Å². The van der Waals surface area contributed by atoms with Crippen molar-refractivity contribution in [1.29, 1.82) is 0 Å². The molecule has 2 N–H and O–H groups in total. The minimum absolute atomic E-state index is 0.478. The van der Waals surface area contributed by atoms with Crippen LogP contribution in [0.15, 0.2) is 12.7 Å². The van der Waals surface area contributed by atoms with Crippen LogP contribution in [0.25, 0.3) is 0 Å². The molecular formula is C10H19NO. The van der Waals surface area contributed by atoms with Crippen LogP contribution in [0.2, 0.25) is 0 Å². The van der Waals surface area contributed by atoms with Crippen molar-refractivity contribution < 1.29 is 5.11 Å². The summed E-state index contributed by atoms with van der Waals surface area (Å²) >= 11 is 0. The summed E-state index contributed by atoms with van der Waals surface area (Å²) in [6.45, 7) is 6.53. The first-order chi connectivity index (χ1) is 5.64. The SMILES string of the molecule is C=CC(C)(O)CC1CCCCN1. The fourth-order valence-corrected chi connectivity index (χ4v) is 1.68. The number of aliphatic hydroxyl groups is 1. The van der Waals surface area contributed by atoms with Gasteiger partial charge in [-0.2, -0.15) is 0 Å². The molecule has 1 fully saturated rings. The Morgan fingerprint density at radius 2 is 2.42 bits per heavy atom. The Hall–Kier alpha value is -0.340. The average molecular weight is 169 g/mol. The molecular weight excluding hydrogens is 150 g/mol. The molecule has 1 rings (SSSR count).